The molecule has 0 aromatic heterocycles. The van der Waals surface area contributed by atoms with E-state index in [9.17, 15) is 9.50 Å². The molecule has 0 spiro atoms. The van der Waals surface area contributed by atoms with Gasteiger partial charge in [-0.05, 0) is 29.8 Å². The van der Waals surface area contributed by atoms with Crippen LogP contribution in [0.1, 0.15) is 17.2 Å². The standard InChI is InChI=1S/C14H12ClFO2/c1-18-11-5-6-12(13(16)8-11)14(17)9-3-2-4-10(15)7-9/h2-8,14,17H,1H3. The van der Waals surface area contributed by atoms with Gasteiger partial charge in [0.05, 0.1) is 7.11 Å². The van der Waals surface area contributed by atoms with E-state index in [0.29, 0.717) is 16.3 Å². The third kappa shape index (κ3) is 2.63. The monoisotopic (exact) mass is 266 g/mol. The van der Waals surface area contributed by atoms with Gasteiger partial charge in [-0.2, -0.15) is 0 Å². The number of hydrogen-bond acceptors (Lipinski definition) is 2. The average molecular weight is 267 g/mol. The molecule has 0 aliphatic heterocycles. The summed E-state index contributed by atoms with van der Waals surface area (Å²) >= 11 is 5.84. The van der Waals surface area contributed by atoms with Crippen molar-refractivity contribution < 1.29 is 14.2 Å². The first kappa shape index (κ1) is 12.9. The van der Waals surface area contributed by atoms with Crippen LogP contribution in [0.25, 0.3) is 0 Å². The SMILES string of the molecule is COc1ccc(C(O)c2cccc(Cl)c2)c(F)c1. The van der Waals surface area contributed by atoms with Gasteiger partial charge in [0.15, 0.2) is 0 Å². The highest BCUT2D eigenvalue weighted by molar-refractivity contribution is 6.30. The normalized spacial score (nSPS) is 12.2. The molecule has 0 saturated heterocycles. The van der Waals surface area contributed by atoms with Gasteiger partial charge in [-0.3, -0.25) is 0 Å². The third-order valence-corrected chi connectivity index (χ3v) is 2.90. The number of benzene rings is 2. The van der Waals surface area contributed by atoms with Gasteiger partial charge in [0.1, 0.15) is 17.7 Å². The molecule has 0 amide bonds. The van der Waals surface area contributed by atoms with Gasteiger partial charge in [0.2, 0.25) is 0 Å². The molecule has 4 heteroatoms. The van der Waals surface area contributed by atoms with E-state index in [0.717, 1.165) is 0 Å². The van der Waals surface area contributed by atoms with Crippen LogP contribution in [0, 0.1) is 5.82 Å². The van der Waals surface area contributed by atoms with Crippen LogP contribution in [0.15, 0.2) is 42.5 Å². The molecule has 0 radical (unpaired) electrons. The number of methoxy groups -OCH3 is 1. The van der Waals surface area contributed by atoms with Crippen LogP contribution in [0.5, 0.6) is 5.75 Å². The lowest BCUT2D eigenvalue weighted by Gasteiger charge is -2.13. The van der Waals surface area contributed by atoms with Gasteiger partial charge in [-0.15, -0.1) is 0 Å². The lowest BCUT2D eigenvalue weighted by Crippen LogP contribution is -2.02. The number of hydrogen-bond donors (Lipinski definition) is 1. The van der Waals surface area contributed by atoms with E-state index < -0.39 is 11.9 Å². The van der Waals surface area contributed by atoms with Crippen molar-refractivity contribution in [3.05, 3.63) is 64.4 Å². The van der Waals surface area contributed by atoms with Gasteiger partial charge in [-0.25, -0.2) is 4.39 Å². The first-order chi connectivity index (χ1) is 8.61. The lowest BCUT2D eigenvalue weighted by molar-refractivity contribution is 0.214. The highest BCUT2D eigenvalue weighted by atomic mass is 35.5. The molecule has 2 aromatic carbocycles. The zero-order valence-electron chi connectivity index (χ0n) is 9.73. The Morgan fingerprint density at radius 2 is 2.00 bits per heavy atom. The van der Waals surface area contributed by atoms with E-state index in [1.54, 1.807) is 30.3 Å². The summed E-state index contributed by atoms with van der Waals surface area (Å²) in [5.74, 6) is -0.101. The molecule has 18 heavy (non-hydrogen) atoms. The van der Waals surface area contributed by atoms with E-state index in [4.69, 9.17) is 16.3 Å². The average Bonchev–Trinajstić information content (AvgIpc) is 2.37. The van der Waals surface area contributed by atoms with Crippen molar-refractivity contribution in [3.63, 3.8) is 0 Å². The summed E-state index contributed by atoms with van der Waals surface area (Å²) in [5, 5.41) is 10.6. The maximum absolute atomic E-state index is 13.8. The fraction of sp³-hybridized carbons (Fsp3) is 0.143. The van der Waals surface area contributed by atoms with Crippen molar-refractivity contribution >= 4 is 11.6 Å². The molecule has 1 N–H and O–H groups in total. The number of aliphatic hydroxyl groups is 1. The quantitative estimate of drug-likeness (QED) is 0.920. The van der Waals surface area contributed by atoms with Gasteiger partial charge < -0.3 is 9.84 Å². The summed E-state index contributed by atoms with van der Waals surface area (Å²) in [6, 6.07) is 11.1. The summed E-state index contributed by atoms with van der Waals surface area (Å²) in [5.41, 5.74) is 0.740. The zero-order chi connectivity index (χ0) is 13.1. The molecule has 2 rings (SSSR count). The summed E-state index contributed by atoms with van der Waals surface area (Å²) in [7, 11) is 1.46. The molecule has 0 aliphatic carbocycles. The fourth-order valence-electron chi connectivity index (χ4n) is 1.71. The van der Waals surface area contributed by atoms with Gasteiger partial charge in [-0.1, -0.05) is 23.7 Å². The van der Waals surface area contributed by atoms with Crippen molar-refractivity contribution in [1.82, 2.24) is 0 Å². The summed E-state index contributed by atoms with van der Waals surface area (Å²) in [4.78, 5) is 0. The first-order valence-corrected chi connectivity index (χ1v) is 5.76. The first-order valence-electron chi connectivity index (χ1n) is 5.39. The van der Waals surface area contributed by atoms with Crippen molar-refractivity contribution in [2.45, 2.75) is 6.10 Å². The highest BCUT2D eigenvalue weighted by Gasteiger charge is 2.15. The van der Waals surface area contributed by atoms with Gasteiger partial charge >= 0.3 is 0 Å². The summed E-state index contributed by atoms with van der Waals surface area (Å²) in [6.45, 7) is 0. The minimum absolute atomic E-state index is 0.193. The van der Waals surface area contributed by atoms with Crippen molar-refractivity contribution in [3.8, 4) is 5.75 Å². The Kier molecular flexibility index (Phi) is 3.84. The number of rotatable bonds is 3. The molecule has 0 aliphatic rings. The molecule has 0 heterocycles. The van der Waals surface area contributed by atoms with Crippen LogP contribution >= 0.6 is 11.6 Å². The Morgan fingerprint density at radius 3 is 2.61 bits per heavy atom. The smallest absolute Gasteiger partial charge is 0.133 e. The predicted octanol–water partition coefficient (Wildman–Crippen LogP) is 3.57. The third-order valence-electron chi connectivity index (χ3n) is 2.67. The number of halogens is 2. The van der Waals surface area contributed by atoms with E-state index in [-0.39, 0.29) is 5.56 Å². The van der Waals surface area contributed by atoms with Crippen LogP contribution < -0.4 is 4.74 Å². The van der Waals surface area contributed by atoms with Crippen LogP contribution in [-0.2, 0) is 0 Å². The Hall–Kier alpha value is -1.58. The number of aliphatic hydroxyl groups excluding tert-OH is 1. The molecule has 1 unspecified atom stereocenters. The van der Waals surface area contributed by atoms with E-state index >= 15 is 0 Å². The Morgan fingerprint density at radius 1 is 1.22 bits per heavy atom. The van der Waals surface area contributed by atoms with Gasteiger partial charge in [0.25, 0.3) is 0 Å². The minimum Gasteiger partial charge on any atom is -0.497 e. The van der Waals surface area contributed by atoms with Crippen LogP contribution in [-0.4, -0.2) is 12.2 Å². The van der Waals surface area contributed by atoms with E-state index in [1.807, 2.05) is 0 Å². The molecule has 2 nitrogen and oxygen atoms in total. The topological polar surface area (TPSA) is 29.5 Å². The van der Waals surface area contributed by atoms with Crippen molar-refractivity contribution in [2.24, 2.45) is 0 Å². The molecule has 2 aromatic rings. The second kappa shape index (κ2) is 5.38. The van der Waals surface area contributed by atoms with Crippen molar-refractivity contribution in [1.29, 1.82) is 0 Å². The Balaban J connectivity index is 2.37. The molecular formula is C14H12ClFO2. The predicted molar refractivity (Wildman–Crippen MR) is 68.5 cm³/mol. The molecule has 0 saturated carbocycles. The fourth-order valence-corrected chi connectivity index (χ4v) is 1.91. The summed E-state index contributed by atoms with van der Waals surface area (Å²) < 4.78 is 18.7. The van der Waals surface area contributed by atoms with Crippen LogP contribution in [0.2, 0.25) is 5.02 Å². The second-order valence-electron chi connectivity index (χ2n) is 3.84. The van der Waals surface area contributed by atoms with E-state index in [1.165, 1.54) is 19.2 Å². The summed E-state index contributed by atoms with van der Waals surface area (Å²) in [6.07, 6.45) is -1.05. The molecule has 94 valence electrons. The minimum atomic E-state index is -1.05. The Labute approximate surface area is 110 Å². The van der Waals surface area contributed by atoms with Crippen LogP contribution in [0.4, 0.5) is 4.39 Å². The maximum atomic E-state index is 13.8. The molecule has 1 atom stereocenters. The van der Waals surface area contributed by atoms with Crippen LogP contribution in [0.3, 0.4) is 0 Å². The second-order valence-corrected chi connectivity index (χ2v) is 4.28. The molecule has 0 fully saturated rings. The Bertz CT molecular complexity index is 557. The van der Waals surface area contributed by atoms with E-state index in [2.05, 4.69) is 0 Å². The maximum Gasteiger partial charge on any atom is 0.133 e. The molecular weight excluding hydrogens is 255 g/mol. The molecule has 0 bridgehead atoms. The van der Waals surface area contributed by atoms with Gasteiger partial charge in [0, 0.05) is 16.7 Å². The zero-order valence-corrected chi connectivity index (χ0v) is 10.5. The highest BCUT2D eigenvalue weighted by Crippen LogP contribution is 2.28. The number of ether oxygens (including phenoxy) is 1. The largest absolute Gasteiger partial charge is 0.497 e. The van der Waals surface area contributed by atoms with Crippen molar-refractivity contribution in [2.75, 3.05) is 7.11 Å². The lowest BCUT2D eigenvalue weighted by atomic mass is 10.0.